The van der Waals surface area contributed by atoms with Crippen LogP contribution in [0.25, 0.3) is 0 Å². The first-order valence-corrected chi connectivity index (χ1v) is 6.95. The van der Waals surface area contributed by atoms with E-state index in [1.807, 2.05) is 0 Å². The zero-order valence-corrected chi connectivity index (χ0v) is 8.89. The number of hydrogen-bond acceptors (Lipinski definition) is 4. The molecule has 14 heavy (non-hydrogen) atoms. The number of nitrogens with zero attached hydrogens (tertiary/aromatic N) is 2. The van der Waals surface area contributed by atoms with Crippen molar-refractivity contribution in [2.24, 2.45) is 9.98 Å². The van der Waals surface area contributed by atoms with Crippen molar-refractivity contribution >= 4 is 22.2 Å². The van der Waals surface area contributed by atoms with E-state index >= 15 is 0 Å². The first-order chi connectivity index (χ1) is 6.83. The monoisotopic (exact) mass is 214 g/mol. The Morgan fingerprint density at radius 1 is 0.929 bits per heavy atom. The fraction of sp³-hybridized carbons (Fsp3) is 0.778. The molecule has 0 spiro atoms. The van der Waals surface area contributed by atoms with Gasteiger partial charge in [0.1, 0.15) is 0 Å². The first kappa shape index (κ1) is 11.2. The Hall–Kier alpha value is -0.890. The number of aliphatic imine (C=N–C) groups is 2. The Morgan fingerprint density at radius 2 is 1.43 bits per heavy atom. The van der Waals surface area contributed by atoms with Gasteiger partial charge in [0.25, 0.3) is 0 Å². The summed E-state index contributed by atoms with van der Waals surface area (Å²) in [6.07, 6.45) is 6.71. The van der Waals surface area contributed by atoms with E-state index in [0.29, 0.717) is 11.8 Å². The number of carbonyl (C=O) groups excluding carboxylic acids is 2. The fourth-order valence-corrected chi connectivity index (χ4v) is 4.81. The quantitative estimate of drug-likeness (QED) is 0.526. The zero-order valence-electron chi connectivity index (χ0n) is 8.07. The van der Waals surface area contributed by atoms with Crippen molar-refractivity contribution in [2.45, 2.75) is 19.3 Å². The summed E-state index contributed by atoms with van der Waals surface area (Å²) in [4.78, 5) is 27.5. The largest absolute Gasteiger partial charge is 0.235 e. The normalized spacial score (nSPS) is 21.4. The summed E-state index contributed by atoms with van der Waals surface area (Å²) < 4.78 is 0. The molecule has 0 aliphatic carbocycles. The molecule has 78 valence electrons. The Labute approximate surface area is 84.8 Å². The summed E-state index contributed by atoms with van der Waals surface area (Å²) in [5.41, 5.74) is 0. The molecule has 0 aromatic heterocycles. The third-order valence-electron chi connectivity index (χ3n) is 2.46. The van der Waals surface area contributed by atoms with Gasteiger partial charge in [0, 0.05) is 0 Å². The standard InChI is InChI=1S/C9H14N2O2S/c12-6-10-8-14(9-11-7-13)4-2-1-3-5-14/h1-5,8-9H2. The van der Waals surface area contributed by atoms with Gasteiger partial charge in [-0.05, 0) is 24.3 Å². The summed E-state index contributed by atoms with van der Waals surface area (Å²) in [7, 11) is -0.980. The molecule has 0 radical (unpaired) electrons. The molecule has 1 aliphatic heterocycles. The molecule has 1 rings (SSSR count). The van der Waals surface area contributed by atoms with Gasteiger partial charge in [-0.3, -0.25) is 0 Å². The van der Waals surface area contributed by atoms with Crippen LogP contribution in [0.3, 0.4) is 0 Å². The van der Waals surface area contributed by atoms with E-state index in [2.05, 4.69) is 9.98 Å². The van der Waals surface area contributed by atoms with Crippen molar-refractivity contribution in [3.8, 4) is 0 Å². The molecule has 0 amide bonds. The van der Waals surface area contributed by atoms with Gasteiger partial charge in [-0.25, -0.2) is 19.6 Å². The second kappa shape index (κ2) is 5.76. The van der Waals surface area contributed by atoms with Crippen molar-refractivity contribution in [1.29, 1.82) is 0 Å². The van der Waals surface area contributed by atoms with Crippen LogP contribution in [0.4, 0.5) is 0 Å². The maximum absolute atomic E-state index is 10.1. The first-order valence-electron chi connectivity index (χ1n) is 4.64. The van der Waals surface area contributed by atoms with Crippen molar-refractivity contribution < 1.29 is 9.59 Å². The molecule has 5 heteroatoms. The molecule has 0 bridgehead atoms. The molecule has 1 heterocycles. The molecule has 0 N–H and O–H groups in total. The smallest absolute Gasteiger partial charge is 0.211 e. The lowest BCUT2D eigenvalue weighted by molar-refractivity contribution is 0.564. The minimum absolute atomic E-state index is 0.529. The van der Waals surface area contributed by atoms with E-state index in [1.165, 1.54) is 6.42 Å². The summed E-state index contributed by atoms with van der Waals surface area (Å²) in [5, 5.41) is 0. The van der Waals surface area contributed by atoms with Crippen LogP contribution >= 0.6 is 10.0 Å². The summed E-state index contributed by atoms with van der Waals surface area (Å²) in [5.74, 6) is 3.20. The van der Waals surface area contributed by atoms with Crippen LogP contribution in [-0.2, 0) is 9.59 Å². The molecule has 1 saturated heterocycles. The highest BCUT2D eigenvalue weighted by atomic mass is 32.3. The van der Waals surface area contributed by atoms with Crippen LogP contribution < -0.4 is 0 Å². The molecule has 1 fully saturated rings. The lowest BCUT2D eigenvalue weighted by atomic mass is 10.3. The minimum atomic E-state index is -0.980. The third-order valence-corrected chi connectivity index (χ3v) is 6.12. The van der Waals surface area contributed by atoms with E-state index in [-0.39, 0.29) is 0 Å². The van der Waals surface area contributed by atoms with Gasteiger partial charge in [0.05, 0.1) is 11.8 Å². The molecular weight excluding hydrogens is 200 g/mol. The maximum Gasteiger partial charge on any atom is 0.235 e. The summed E-state index contributed by atoms with van der Waals surface area (Å²) in [6, 6.07) is 0. The van der Waals surface area contributed by atoms with Gasteiger partial charge in [-0.1, -0.05) is 6.42 Å². The van der Waals surface area contributed by atoms with Crippen LogP contribution in [0.1, 0.15) is 19.3 Å². The minimum Gasteiger partial charge on any atom is -0.211 e. The van der Waals surface area contributed by atoms with E-state index in [9.17, 15) is 9.59 Å². The Bertz CT molecular complexity index is 253. The van der Waals surface area contributed by atoms with Gasteiger partial charge in [-0.2, -0.15) is 9.98 Å². The van der Waals surface area contributed by atoms with E-state index in [4.69, 9.17) is 0 Å². The third kappa shape index (κ3) is 3.11. The predicted octanol–water partition coefficient (Wildman–Crippen LogP) is 1.56. The number of isocyanates is 2. The van der Waals surface area contributed by atoms with Gasteiger partial charge >= 0.3 is 0 Å². The van der Waals surface area contributed by atoms with Crippen LogP contribution in [0.5, 0.6) is 0 Å². The average molecular weight is 214 g/mol. The highest BCUT2D eigenvalue weighted by Crippen LogP contribution is 2.52. The van der Waals surface area contributed by atoms with Crippen molar-refractivity contribution in [3.63, 3.8) is 0 Å². The van der Waals surface area contributed by atoms with Gasteiger partial charge in [-0.15, -0.1) is 0 Å². The SMILES string of the molecule is O=C=NCS1(CN=C=O)CCCCC1. The van der Waals surface area contributed by atoms with Gasteiger partial charge in [0.2, 0.25) is 12.2 Å². The van der Waals surface area contributed by atoms with Crippen molar-refractivity contribution in [1.82, 2.24) is 0 Å². The lowest BCUT2D eigenvalue weighted by Gasteiger charge is -2.39. The molecular formula is C9H14N2O2S. The Balaban J connectivity index is 2.65. The fourth-order valence-electron chi connectivity index (χ4n) is 1.72. The highest BCUT2D eigenvalue weighted by molar-refractivity contribution is 8.33. The number of hydrogen-bond donors (Lipinski definition) is 0. The van der Waals surface area contributed by atoms with Gasteiger partial charge in [0.15, 0.2) is 0 Å². The summed E-state index contributed by atoms with van der Waals surface area (Å²) in [6.45, 7) is 0. The maximum atomic E-state index is 10.1. The summed E-state index contributed by atoms with van der Waals surface area (Å²) >= 11 is 0. The van der Waals surface area contributed by atoms with Crippen LogP contribution in [-0.4, -0.2) is 35.4 Å². The topological polar surface area (TPSA) is 58.9 Å². The predicted molar refractivity (Wildman–Crippen MR) is 57.2 cm³/mol. The van der Waals surface area contributed by atoms with Gasteiger partial charge < -0.3 is 0 Å². The molecule has 0 aromatic carbocycles. The molecule has 0 atom stereocenters. The molecule has 0 saturated carbocycles. The molecule has 0 aromatic rings. The molecule has 1 aliphatic rings. The Morgan fingerprint density at radius 3 is 1.86 bits per heavy atom. The van der Waals surface area contributed by atoms with Crippen LogP contribution in [0, 0.1) is 0 Å². The van der Waals surface area contributed by atoms with Crippen molar-refractivity contribution in [2.75, 3.05) is 23.3 Å². The zero-order chi connectivity index (χ0) is 10.3. The van der Waals surface area contributed by atoms with E-state index in [1.54, 1.807) is 12.2 Å². The Kier molecular flexibility index (Phi) is 4.60. The van der Waals surface area contributed by atoms with Crippen molar-refractivity contribution in [3.05, 3.63) is 0 Å². The molecule has 4 nitrogen and oxygen atoms in total. The van der Waals surface area contributed by atoms with Crippen LogP contribution in [0.2, 0.25) is 0 Å². The van der Waals surface area contributed by atoms with E-state index in [0.717, 1.165) is 24.3 Å². The second-order valence-electron chi connectivity index (χ2n) is 3.45. The average Bonchev–Trinajstić information content (AvgIpc) is 2.25. The second-order valence-corrected chi connectivity index (χ2v) is 7.23. The molecule has 0 unspecified atom stereocenters. The van der Waals surface area contributed by atoms with Crippen LogP contribution in [0.15, 0.2) is 9.98 Å². The number of rotatable bonds is 4. The van der Waals surface area contributed by atoms with E-state index < -0.39 is 10.0 Å². The lowest BCUT2D eigenvalue weighted by Crippen LogP contribution is -2.19. The highest BCUT2D eigenvalue weighted by Gasteiger charge is 2.26.